The van der Waals surface area contributed by atoms with Gasteiger partial charge in [0, 0.05) is 5.28 Å². The Morgan fingerprint density at radius 3 is 2.39 bits per heavy atom. The van der Waals surface area contributed by atoms with Crippen molar-refractivity contribution < 1.29 is 18.7 Å². The van der Waals surface area contributed by atoms with Gasteiger partial charge < -0.3 is 9.94 Å². The van der Waals surface area contributed by atoms with E-state index in [4.69, 9.17) is 9.94 Å². The van der Waals surface area contributed by atoms with Crippen molar-refractivity contribution in [1.82, 2.24) is 0 Å². The van der Waals surface area contributed by atoms with E-state index in [9.17, 15) is 8.78 Å². The smallest absolute Gasteiger partial charge is 0.202 e. The van der Waals surface area contributed by atoms with Crippen LogP contribution in [0.4, 0.5) is 14.5 Å². The van der Waals surface area contributed by atoms with Crippen LogP contribution in [0.2, 0.25) is 0 Å². The van der Waals surface area contributed by atoms with Gasteiger partial charge in [0.1, 0.15) is 5.69 Å². The molecule has 0 heterocycles. The van der Waals surface area contributed by atoms with Crippen LogP contribution in [0.5, 0.6) is 11.5 Å². The average Bonchev–Trinajstić information content (AvgIpc) is 2.40. The maximum atomic E-state index is 13.2. The molecule has 0 saturated carbocycles. The molecule has 0 spiro atoms. The van der Waals surface area contributed by atoms with Crippen molar-refractivity contribution in [2.24, 2.45) is 10.4 Å². The number of rotatable bonds is 3. The van der Waals surface area contributed by atoms with Gasteiger partial charge in [-0.3, -0.25) is 0 Å². The molecule has 6 heteroatoms. The molecule has 92 valence electrons. The molecule has 0 saturated heterocycles. The average molecular weight is 250 g/mol. The first kappa shape index (κ1) is 12.0. The predicted molar refractivity (Wildman–Crippen MR) is 59.6 cm³/mol. The second-order valence-electron chi connectivity index (χ2n) is 3.32. The number of halogens is 2. The van der Waals surface area contributed by atoms with Gasteiger partial charge >= 0.3 is 0 Å². The number of hydrogen-bond donors (Lipinski definition) is 1. The van der Waals surface area contributed by atoms with E-state index in [2.05, 4.69) is 10.4 Å². The molecule has 0 atom stereocenters. The van der Waals surface area contributed by atoms with Crippen LogP contribution in [-0.2, 0) is 0 Å². The number of phenols is 1. The molecule has 0 radical (unpaired) electrons. The highest BCUT2D eigenvalue weighted by Crippen LogP contribution is 2.27. The minimum atomic E-state index is -1.37. The van der Waals surface area contributed by atoms with Crippen LogP contribution in [0.1, 0.15) is 0 Å². The molecule has 0 unspecified atom stereocenters. The molecule has 0 aliphatic carbocycles. The van der Waals surface area contributed by atoms with Gasteiger partial charge in [0.05, 0.1) is 0 Å². The Labute approximate surface area is 101 Å². The fourth-order valence-corrected chi connectivity index (χ4v) is 1.20. The summed E-state index contributed by atoms with van der Waals surface area (Å²) in [5.74, 6) is -3.02. The van der Waals surface area contributed by atoms with Crippen molar-refractivity contribution in [3.8, 4) is 11.5 Å². The van der Waals surface area contributed by atoms with Crippen LogP contribution in [0.3, 0.4) is 0 Å². The number of aromatic hydroxyl groups is 1. The number of nitrogens with zero attached hydrogens (tertiary/aromatic N) is 2. The summed E-state index contributed by atoms with van der Waals surface area (Å²) < 4.78 is 26.2. The van der Waals surface area contributed by atoms with E-state index in [0.29, 0.717) is 5.75 Å². The summed E-state index contributed by atoms with van der Waals surface area (Å²) in [5.41, 5.74) is -0.360. The first-order valence-electron chi connectivity index (χ1n) is 4.98. The fraction of sp³-hybridized carbons (Fsp3) is 0. The van der Waals surface area contributed by atoms with Gasteiger partial charge in [-0.2, -0.15) is 4.39 Å². The lowest BCUT2D eigenvalue weighted by molar-refractivity contribution is 0.311. The van der Waals surface area contributed by atoms with E-state index >= 15 is 0 Å². The molecular weight excluding hydrogens is 242 g/mol. The molecule has 0 aromatic heterocycles. The van der Waals surface area contributed by atoms with E-state index in [1.807, 2.05) is 0 Å². The molecule has 4 nitrogen and oxygen atoms in total. The third-order valence-electron chi connectivity index (χ3n) is 2.08. The monoisotopic (exact) mass is 250 g/mol. The number of para-hydroxylation sites is 1. The SMILES string of the molecule is Oc1ccc(N=NOc2ccccc2)c(F)c1F. The summed E-state index contributed by atoms with van der Waals surface area (Å²) in [5, 5.41) is 15.6. The van der Waals surface area contributed by atoms with Crippen LogP contribution in [0, 0.1) is 11.6 Å². The van der Waals surface area contributed by atoms with Crippen LogP contribution in [-0.4, -0.2) is 5.11 Å². The summed E-state index contributed by atoms with van der Waals surface area (Å²) >= 11 is 0. The quantitative estimate of drug-likeness (QED) is 0.666. The fourth-order valence-electron chi connectivity index (χ4n) is 1.20. The Hall–Kier alpha value is -2.50. The maximum Gasteiger partial charge on any atom is 0.202 e. The minimum absolute atomic E-state index is 0.360. The molecule has 2 aromatic carbocycles. The highest BCUT2D eigenvalue weighted by Gasteiger charge is 2.12. The lowest BCUT2D eigenvalue weighted by Gasteiger charge is -1.99. The zero-order chi connectivity index (χ0) is 13.0. The number of benzene rings is 2. The minimum Gasteiger partial charge on any atom is -0.505 e. The summed E-state index contributed by atoms with van der Waals surface area (Å²) in [4.78, 5) is 4.84. The molecule has 0 amide bonds. The largest absolute Gasteiger partial charge is 0.505 e. The van der Waals surface area contributed by atoms with Crippen molar-refractivity contribution in [1.29, 1.82) is 0 Å². The highest BCUT2D eigenvalue weighted by molar-refractivity contribution is 5.43. The second-order valence-corrected chi connectivity index (χ2v) is 3.32. The van der Waals surface area contributed by atoms with Gasteiger partial charge in [-0.1, -0.05) is 18.2 Å². The third-order valence-corrected chi connectivity index (χ3v) is 2.08. The molecule has 0 fully saturated rings. The lowest BCUT2D eigenvalue weighted by Crippen LogP contribution is -1.85. The van der Waals surface area contributed by atoms with Crippen molar-refractivity contribution in [2.45, 2.75) is 0 Å². The Morgan fingerprint density at radius 1 is 0.944 bits per heavy atom. The van der Waals surface area contributed by atoms with Crippen molar-refractivity contribution in [2.75, 3.05) is 0 Å². The topological polar surface area (TPSA) is 54.2 Å². The normalized spacial score (nSPS) is 10.8. The first-order valence-corrected chi connectivity index (χ1v) is 4.98. The summed E-state index contributed by atoms with van der Waals surface area (Å²) in [6.07, 6.45) is 0. The molecule has 18 heavy (non-hydrogen) atoms. The Kier molecular flexibility index (Phi) is 3.47. The third kappa shape index (κ3) is 2.60. The zero-order valence-electron chi connectivity index (χ0n) is 9.05. The van der Waals surface area contributed by atoms with E-state index < -0.39 is 17.4 Å². The molecule has 0 aliphatic heterocycles. The number of hydrogen-bond acceptors (Lipinski definition) is 4. The Balaban J connectivity index is 2.13. The summed E-state index contributed by atoms with van der Waals surface area (Å²) in [6, 6.07) is 10.6. The van der Waals surface area contributed by atoms with E-state index in [1.165, 1.54) is 0 Å². The van der Waals surface area contributed by atoms with Gasteiger partial charge in [0.15, 0.2) is 17.3 Å². The van der Waals surface area contributed by atoms with Crippen molar-refractivity contribution in [3.63, 3.8) is 0 Å². The summed E-state index contributed by atoms with van der Waals surface area (Å²) in [7, 11) is 0. The molecule has 1 N–H and O–H groups in total. The van der Waals surface area contributed by atoms with E-state index in [-0.39, 0.29) is 5.69 Å². The molecule has 2 aromatic rings. The Bertz CT molecular complexity index is 574. The second kappa shape index (κ2) is 5.22. The Morgan fingerprint density at radius 2 is 1.67 bits per heavy atom. The molecule has 2 rings (SSSR count). The highest BCUT2D eigenvalue weighted by atomic mass is 19.2. The summed E-state index contributed by atoms with van der Waals surface area (Å²) in [6.45, 7) is 0. The van der Waals surface area contributed by atoms with Crippen LogP contribution < -0.4 is 4.84 Å². The van der Waals surface area contributed by atoms with Gasteiger partial charge in [-0.05, 0) is 24.3 Å². The molecular formula is C12H8F2N2O2. The molecule has 0 bridgehead atoms. The predicted octanol–water partition coefficient (Wildman–Crippen LogP) is 3.75. The van der Waals surface area contributed by atoms with Crippen LogP contribution in [0.15, 0.2) is 52.9 Å². The van der Waals surface area contributed by atoms with Gasteiger partial charge in [-0.25, -0.2) is 4.39 Å². The zero-order valence-corrected chi connectivity index (χ0v) is 9.05. The molecule has 0 aliphatic rings. The van der Waals surface area contributed by atoms with Gasteiger partial charge in [0.25, 0.3) is 0 Å². The maximum absolute atomic E-state index is 13.2. The van der Waals surface area contributed by atoms with E-state index in [0.717, 1.165) is 12.1 Å². The van der Waals surface area contributed by atoms with Crippen LogP contribution in [0.25, 0.3) is 0 Å². The standard InChI is InChI=1S/C12H8F2N2O2/c13-11-9(6-7-10(17)12(11)14)15-16-18-8-4-2-1-3-5-8/h1-7,17H. The number of phenolic OH excluding ortho intramolecular Hbond substituents is 1. The van der Waals surface area contributed by atoms with Crippen molar-refractivity contribution >= 4 is 5.69 Å². The van der Waals surface area contributed by atoms with Gasteiger partial charge in [-0.15, -0.1) is 5.11 Å². The van der Waals surface area contributed by atoms with Crippen LogP contribution >= 0.6 is 0 Å². The van der Waals surface area contributed by atoms with Crippen molar-refractivity contribution in [3.05, 3.63) is 54.1 Å². The first-order chi connectivity index (χ1) is 8.68. The van der Waals surface area contributed by atoms with E-state index in [1.54, 1.807) is 30.3 Å². The van der Waals surface area contributed by atoms with Gasteiger partial charge in [0.2, 0.25) is 5.82 Å². The lowest BCUT2D eigenvalue weighted by atomic mass is 10.3.